The van der Waals surface area contributed by atoms with Crippen LogP contribution in [0.15, 0.2) is 29.1 Å². The van der Waals surface area contributed by atoms with Gasteiger partial charge in [-0.3, -0.25) is 4.79 Å². The molecule has 0 fully saturated rings. The summed E-state index contributed by atoms with van der Waals surface area (Å²) in [4.78, 5) is 16.1. The first-order chi connectivity index (χ1) is 8.59. The van der Waals surface area contributed by atoms with Crippen molar-refractivity contribution in [3.8, 4) is 0 Å². The van der Waals surface area contributed by atoms with Crippen molar-refractivity contribution in [1.82, 2.24) is 15.5 Å². The van der Waals surface area contributed by atoms with Crippen LogP contribution < -0.4 is 5.32 Å². The molecule has 5 heteroatoms. The molecular formula is C13H15N3O2. The topological polar surface area (TPSA) is 68.0 Å². The van der Waals surface area contributed by atoms with E-state index >= 15 is 0 Å². The van der Waals surface area contributed by atoms with Crippen molar-refractivity contribution in [1.29, 1.82) is 0 Å². The van der Waals surface area contributed by atoms with Gasteiger partial charge in [0.05, 0.1) is 6.04 Å². The molecule has 2 aromatic rings. The highest BCUT2D eigenvalue weighted by atomic mass is 16.5. The third kappa shape index (κ3) is 2.40. The number of amides is 1. The Hall–Kier alpha value is -2.17. The molecule has 1 unspecified atom stereocenters. The van der Waals surface area contributed by atoms with Crippen molar-refractivity contribution in [2.45, 2.75) is 26.8 Å². The first kappa shape index (κ1) is 12.3. The van der Waals surface area contributed by atoms with Crippen LogP contribution in [0, 0.1) is 13.8 Å². The summed E-state index contributed by atoms with van der Waals surface area (Å²) in [6.07, 6.45) is 1.25. The molecule has 0 spiro atoms. The minimum atomic E-state index is -0.282. The first-order valence-electron chi connectivity index (χ1n) is 5.73. The molecule has 0 bridgehead atoms. The molecule has 0 aliphatic carbocycles. The molecule has 1 aromatic carbocycles. The van der Waals surface area contributed by atoms with E-state index in [1.54, 1.807) is 0 Å². The van der Waals surface area contributed by atoms with Gasteiger partial charge < -0.3 is 9.84 Å². The minimum absolute atomic E-state index is 0.122. The van der Waals surface area contributed by atoms with Gasteiger partial charge in [0.15, 0.2) is 5.82 Å². The quantitative estimate of drug-likeness (QED) is 0.899. The Kier molecular flexibility index (Phi) is 3.41. The molecule has 18 heavy (non-hydrogen) atoms. The zero-order valence-corrected chi connectivity index (χ0v) is 10.6. The number of aromatic nitrogens is 2. The zero-order valence-electron chi connectivity index (χ0n) is 10.6. The summed E-state index contributed by atoms with van der Waals surface area (Å²) in [5.74, 6) is 0.345. The number of aryl methyl sites for hydroxylation is 2. The maximum atomic E-state index is 12.2. The summed E-state index contributed by atoms with van der Waals surface area (Å²) >= 11 is 0. The highest BCUT2D eigenvalue weighted by Gasteiger charge is 2.17. The molecule has 0 radical (unpaired) electrons. The molecule has 0 saturated carbocycles. The van der Waals surface area contributed by atoms with Gasteiger partial charge in [-0.05, 0) is 31.9 Å². The van der Waals surface area contributed by atoms with Gasteiger partial charge in [0.25, 0.3) is 5.91 Å². The molecule has 1 N–H and O–H groups in total. The Bertz CT molecular complexity index is 529. The number of hydrogen-bond donors (Lipinski definition) is 1. The largest absolute Gasteiger partial charge is 0.343 e. The van der Waals surface area contributed by atoms with Gasteiger partial charge in [-0.2, -0.15) is 4.98 Å². The maximum Gasteiger partial charge on any atom is 0.252 e. The van der Waals surface area contributed by atoms with Crippen LogP contribution >= 0.6 is 0 Å². The third-order valence-corrected chi connectivity index (χ3v) is 2.82. The van der Waals surface area contributed by atoms with Crippen molar-refractivity contribution in [3.63, 3.8) is 0 Å². The molecule has 94 valence electrons. The standard InChI is InChI=1S/C13H15N3O2/c1-8-5-4-6-9(2)11(8)13(17)15-10(3)12-14-7-18-16-12/h4-7,10H,1-3H3,(H,15,17). The van der Waals surface area contributed by atoms with Gasteiger partial charge in [0.1, 0.15) is 0 Å². The molecule has 0 saturated heterocycles. The van der Waals surface area contributed by atoms with E-state index in [9.17, 15) is 4.79 Å². The molecule has 5 nitrogen and oxygen atoms in total. The second-order valence-corrected chi connectivity index (χ2v) is 4.25. The number of rotatable bonds is 3. The molecule has 1 atom stereocenters. The van der Waals surface area contributed by atoms with Gasteiger partial charge in [-0.25, -0.2) is 0 Å². The fourth-order valence-corrected chi connectivity index (χ4v) is 1.88. The summed E-state index contributed by atoms with van der Waals surface area (Å²) in [5.41, 5.74) is 2.61. The summed E-state index contributed by atoms with van der Waals surface area (Å²) < 4.78 is 4.66. The molecular weight excluding hydrogens is 230 g/mol. The van der Waals surface area contributed by atoms with E-state index in [2.05, 4.69) is 20.0 Å². The average Bonchev–Trinajstić information content (AvgIpc) is 2.81. The van der Waals surface area contributed by atoms with Crippen molar-refractivity contribution in [2.75, 3.05) is 0 Å². The van der Waals surface area contributed by atoms with Crippen molar-refractivity contribution in [3.05, 3.63) is 47.1 Å². The lowest BCUT2D eigenvalue weighted by Crippen LogP contribution is -2.28. The van der Waals surface area contributed by atoms with E-state index in [0.717, 1.165) is 11.1 Å². The van der Waals surface area contributed by atoms with E-state index in [1.165, 1.54) is 6.39 Å². The van der Waals surface area contributed by atoms with E-state index in [0.29, 0.717) is 11.4 Å². The zero-order chi connectivity index (χ0) is 13.1. The van der Waals surface area contributed by atoms with Crippen LogP contribution in [0.25, 0.3) is 0 Å². The predicted octanol–water partition coefficient (Wildman–Crippen LogP) is 2.18. The number of nitrogens with one attached hydrogen (secondary N) is 1. The maximum absolute atomic E-state index is 12.2. The first-order valence-corrected chi connectivity index (χ1v) is 5.73. The average molecular weight is 245 g/mol. The second-order valence-electron chi connectivity index (χ2n) is 4.25. The van der Waals surface area contributed by atoms with Crippen molar-refractivity contribution >= 4 is 5.91 Å². The van der Waals surface area contributed by atoms with E-state index < -0.39 is 0 Å². The fraction of sp³-hybridized carbons (Fsp3) is 0.308. The highest BCUT2D eigenvalue weighted by Crippen LogP contribution is 2.15. The number of nitrogens with zero attached hydrogens (tertiary/aromatic N) is 2. The van der Waals surface area contributed by atoms with Crippen LogP contribution in [0.2, 0.25) is 0 Å². The van der Waals surface area contributed by atoms with E-state index in [1.807, 2.05) is 39.0 Å². The SMILES string of the molecule is Cc1cccc(C)c1C(=O)NC(C)c1ncon1. The molecule has 1 aromatic heterocycles. The fourth-order valence-electron chi connectivity index (χ4n) is 1.88. The molecule has 1 amide bonds. The highest BCUT2D eigenvalue weighted by molar-refractivity contribution is 5.97. The summed E-state index contributed by atoms with van der Waals surface area (Å²) in [6, 6.07) is 5.49. The van der Waals surface area contributed by atoms with E-state index in [4.69, 9.17) is 0 Å². The van der Waals surface area contributed by atoms with Gasteiger partial charge in [0.2, 0.25) is 6.39 Å². The normalized spacial score (nSPS) is 12.2. The summed E-state index contributed by atoms with van der Waals surface area (Å²) in [7, 11) is 0. The number of carbonyl (C=O) groups excluding carboxylic acids is 1. The van der Waals surface area contributed by atoms with Crippen LogP contribution in [0.3, 0.4) is 0 Å². The van der Waals surface area contributed by atoms with Gasteiger partial charge in [0, 0.05) is 5.56 Å². The van der Waals surface area contributed by atoms with Crippen LogP contribution in [-0.4, -0.2) is 16.0 Å². The van der Waals surface area contributed by atoms with Gasteiger partial charge in [-0.15, -0.1) is 0 Å². The predicted molar refractivity (Wildman–Crippen MR) is 66.1 cm³/mol. The van der Waals surface area contributed by atoms with Crippen LogP contribution in [0.4, 0.5) is 0 Å². The minimum Gasteiger partial charge on any atom is -0.343 e. The van der Waals surface area contributed by atoms with Crippen molar-refractivity contribution < 1.29 is 9.32 Å². The third-order valence-electron chi connectivity index (χ3n) is 2.82. The monoisotopic (exact) mass is 245 g/mol. The molecule has 0 aliphatic rings. The Balaban J connectivity index is 2.18. The van der Waals surface area contributed by atoms with Crippen LogP contribution in [-0.2, 0) is 0 Å². The van der Waals surface area contributed by atoms with Gasteiger partial charge >= 0.3 is 0 Å². The Labute approximate surface area is 105 Å². The van der Waals surface area contributed by atoms with Crippen molar-refractivity contribution in [2.24, 2.45) is 0 Å². The number of benzene rings is 1. The molecule has 2 rings (SSSR count). The Morgan fingerprint density at radius 3 is 2.56 bits per heavy atom. The Morgan fingerprint density at radius 1 is 1.33 bits per heavy atom. The second kappa shape index (κ2) is 5.00. The molecule has 1 heterocycles. The number of carbonyl (C=O) groups is 1. The Morgan fingerprint density at radius 2 is 2.00 bits per heavy atom. The van der Waals surface area contributed by atoms with Crippen LogP contribution in [0.1, 0.15) is 40.3 Å². The lowest BCUT2D eigenvalue weighted by atomic mass is 10.0. The summed E-state index contributed by atoms with van der Waals surface area (Å²) in [6.45, 7) is 5.65. The molecule has 0 aliphatic heterocycles. The smallest absolute Gasteiger partial charge is 0.252 e. The van der Waals surface area contributed by atoms with Gasteiger partial charge in [-0.1, -0.05) is 23.4 Å². The van der Waals surface area contributed by atoms with Crippen LogP contribution in [0.5, 0.6) is 0 Å². The lowest BCUT2D eigenvalue weighted by Gasteiger charge is -2.13. The van der Waals surface area contributed by atoms with E-state index in [-0.39, 0.29) is 11.9 Å². The lowest BCUT2D eigenvalue weighted by molar-refractivity contribution is 0.0936. The number of hydrogen-bond acceptors (Lipinski definition) is 4. The summed E-state index contributed by atoms with van der Waals surface area (Å²) in [5, 5.41) is 6.56.